The van der Waals surface area contributed by atoms with Gasteiger partial charge in [0.1, 0.15) is 5.75 Å². The van der Waals surface area contributed by atoms with E-state index in [1.165, 1.54) is 0 Å². The summed E-state index contributed by atoms with van der Waals surface area (Å²) in [6.07, 6.45) is 5.74. The number of aliphatic hydroxyl groups is 1. The zero-order chi connectivity index (χ0) is 19.1. The van der Waals surface area contributed by atoms with E-state index in [-0.39, 0.29) is 18.2 Å². The van der Waals surface area contributed by atoms with E-state index in [0.717, 1.165) is 76.0 Å². The molecule has 1 aromatic carbocycles. The van der Waals surface area contributed by atoms with Gasteiger partial charge < -0.3 is 25.0 Å². The first-order valence-electron chi connectivity index (χ1n) is 10.3. The SMILES string of the molecule is COc1cccc([C@H]2CCCCN2C(=O)NCCCN2CCC(O)CC2)c1. The molecular formula is C21H33N3O3. The summed E-state index contributed by atoms with van der Waals surface area (Å²) in [5.41, 5.74) is 1.15. The highest BCUT2D eigenvalue weighted by Gasteiger charge is 2.28. The van der Waals surface area contributed by atoms with Crippen molar-refractivity contribution in [2.75, 3.05) is 39.8 Å². The maximum absolute atomic E-state index is 12.8. The van der Waals surface area contributed by atoms with Gasteiger partial charge in [-0.15, -0.1) is 0 Å². The maximum Gasteiger partial charge on any atom is 0.317 e. The number of nitrogens with one attached hydrogen (secondary N) is 1. The molecule has 150 valence electrons. The molecule has 0 radical (unpaired) electrons. The Hall–Kier alpha value is -1.79. The number of urea groups is 1. The highest BCUT2D eigenvalue weighted by molar-refractivity contribution is 5.74. The van der Waals surface area contributed by atoms with Crippen LogP contribution in [0.4, 0.5) is 4.79 Å². The van der Waals surface area contributed by atoms with Crippen LogP contribution in [0.25, 0.3) is 0 Å². The van der Waals surface area contributed by atoms with E-state index >= 15 is 0 Å². The van der Waals surface area contributed by atoms with Gasteiger partial charge in [-0.3, -0.25) is 0 Å². The number of piperidine rings is 2. The van der Waals surface area contributed by atoms with Crippen molar-refractivity contribution < 1.29 is 14.6 Å². The molecule has 2 heterocycles. The molecule has 27 heavy (non-hydrogen) atoms. The number of amides is 2. The van der Waals surface area contributed by atoms with Crippen molar-refractivity contribution in [1.82, 2.24) is 15.1 Å². The van der Waals surface area contributed by atoms with Crippen molar-refractivity contribution >= 4 is 6.03 Å². The van der Waals surface area contributed by atoms with Gasteiger partial charge in [0.2, 0.25) is 0 Å². The average Bonchev–Trinajstić information content (AvgIpc) is 2.72. The zero-order valence-electron chi connectivity index (χ0n) is 16.4. The van der Waals surface area contributed by atoms with Crippen molar-refractivity contribution in [1.29, 1.82) is 0 Å². The predicted molar refractivity (Wildman–Crippen MR) is 106 cm³/mol. The molecule has 3 rings (SSSR count). The number of rotatable bonds is 6. The second-order valence-electron chi connectivity index (χ2n) is 7.64. The lowest BCUT2D eigenvalue weighted by molar-refractivity contribution is 0.0820. The third kappa shape index (κ3) is 5.59. The molecule has 6 nitrogen and oxygen atoms in total. The molecule has 0 bridgehead atoms. The Balaban J connectivity index is 1.48. The molecule has 2 aliphatic heterocycles. The van der Waals surface area contributed by atoms with Crippen molar-refractivity contribution in [3.8, 4) is 5.75 Å². The van der Waals surface area contributed by atoms with Crippen molar-refractivity contribution in [3.63, 3.8) is 0 Å². The number of ether oxygens (including phenoxy) is 1. The quantitative estimate of drug-likeness (QED) is 0.751. The molecule has 0 saturated carbocycles. The summed E-state index contributed by atoms with van der Waals surface area (Å²) in [5.74, 6) is 0.838. The standard InChI is InChI=1S/C21H33N3O3/c1-27-19-7-4-6-17(16-19)20-8-2-3-13-24(20)21(26)22-11-5-12-23-14-9-18(25)10-15-23/h4,6-7,16,18,20,25H,2-3,5,8-15H2,1H3,(H,22,26)/t20-/m1/s1. The van der Waals surface area contributed by atoms with Gasteiger partial charge in [-0.05, 0) is 62.8 Å². The van der Waals surface area contributed by atoms with Gasteiger partial charge in [0.15, 0.2) is 0 Å². The zero-order valence-corrected chi connectivity index (χ0v) is 16.4. The first-order chi connectivity index (χ1) is 13.2. The van der Waals surface area contributed by atoms with Crippen LogP contribution in [0.15, 0.2) is 24.3 Å². The van der Waals surface area contributed by atoms with E-state index in [2.05, 4.69) is 16.3 Å². The summed E-state index contributed by atoms with van der Waals surface area (Å²) >= 11 is 0. The number of nitrogens with zero attached hydrogens (tertiary/aromatic N) is 2. The lowest BCUT2D eigenvalue weighted by Crippen LogP contribution is -2.45. The van der Waals surface area contributed by atoms with Crippen LogP contribution in [-0.2, 0) is 0 Å². The third-order valence-corrected chi connectivity index (χ3v) is 5.73. The highest BCUT2D eigenvalue weighted by Crippen LogP contribution is 2.32. The number of carbonyl (C=O) groups excluding carboxylic acids is 1. The Kier molecular flexibility index (Phi) is 7.35. The topological polar surface area (TPSA) is 65.0 Å². The smallest absolute Gasteiger partial charge is 0.317 e. The van der Waals surface area contributed by atoms with E-state index < -0.39 is 0 Å². The fraction of sp³-hybridized carbons (Fsp3) is 0.667. The lowest BCUT2D eigenvalue weighted by Gasteiger charge is -2.36. The second-order valence-corrected chi connectivity index (χ2v) is 7.64. The van der Waals surface area contributed by atoms with E-state index in [1.807, 2.05) is 23.1 Å². The van der Waals surface area contributed by atoms with Gasteiger partial charge >= 0.3 is 6.03 Å². The van der Waals surface area contributed by atoms with Gasteiger partial charge in [0.05, 0.1) is 19.3 Å². The molecule has 0 unspecified atom stereocenters. The van der Waals surface area contributed by atoms with Crippen LogP contribution in [0.1, 0.15) is 50.1 Å². The van der Waals surface area contributed by atoms with Crippen molar-refractivity contribution in [3.05, 3.63) is 29.8 Å². The number of carbonyl (C=O) groups is 1. The first-order valence-corrected chi connectivity index (χ1v) is 10.3. The van der Waals surface area contributed by atoms with Crippen LogP contribution < -0.4 is 10.1 Å². The predicted octanol–water partition coefficient (Wildman–Crippen LogP) is 2.78. The molecule has 0 aliphatic carbocycles. The minimum Gasteiger partial charge on any atom is -0.497 e. The summed E-state index contributed by atoms with van der Waals surface area (Å²) in [4.78, 5) is 17.1. The summed E-state index contributed by atoms with van der Waals surface area (Å²) in [6.45, 7) is 4.39. The van der Waals surface area contributed by atoms with Crippen LogP contribution in [-0.4, -0.2) is 66.9 Å². The van der Waals surface area contributed by atoms with Crippen LogP contribution in [0, 0.1) is 0 Å². The molecule has 1 aromatic rings. The Morgan fingerprint density at radius 3 is 2.81 bits per heavy atom. The maximum atomic E-state index is 12.8. The van der Waals surface area contributed by atoms with Crippen LogP contribution in [0.2, 0.25) is 0 Å². The van der Waals surface area contributed by atoms with Gasteiger partial charge in [-0.1, -0.05) is 12.1 Å². The molecule has 2 saturated heterocycles. The van der Waals surface area contributed by atoms with Crippen molar-refractivity contribution in [2.45, 2.75) is 50.7 Å². The van der Waals surface area contributed by atoms with E-state index in [0.29, 0.717) is 6.54 Å². The molecule has 2 amide bonds. The summed E-state index contributed by atoms with van der Waals surface area (Å²) in [6, 6.07) is 8.23. The summed E-state index contributed by atoms with van der Waals surface area (Å²) in [7, 11) is 1.67. The minimum absolute atomic E-state index is 0.0385. The Bertz CT molecular complexity index is 602. The Morgan fingerprint density at radius 2 is 2.04 bits per heavy atom. The normalized spacial score (nSPS) is 21.9. The van der Waals surface area contributed by atoms with Crippen LogP contribution in [0.3, 0.4) is 0 Å². The molecule has 0 aromatic heterocycles. The van der Waals surface area contributed by atoms with Gasteiger partial charge in [-0.2, -0.15) is 0 Å². The Morgan fingerprint density at radius 1 is 1.22 bits per heavy atom. The van der Waals surface area contributed by atoms with Gasteiger partial charge in [0.25, 0.3) is 0 Å². The number of aliphatic hydroxyl groups excluding tert-OH is 1. The van der Waals surface area contributed by atoms with Crippen LogP contribution >= 0.6 is 0 Å². The number of likely N-dealkylation sites (tertiary alicyclic amines) is 2. The second kappa shape index (κ2) is 9.95. The Labute approximate surface area is 162 Å². The molecule has 6 heteroatoms. The summed E-state index contributed by atoms with van der Waals surface area (Å²) in [5, 5.41) is 12.7. The number of benzene rings is 1. The third-order valence-electron chi connectivity index (χ3n) is 5.73. The van der Waals surface area contributed by atoms with Gasteiger partial charge in [-0.25, -0.2) is 4.79 Å². The number of methoxy groups -OCH3 is 1. The molecule has 1 atom stereocenters. The first kappa shape index (κ1) is 20.0. The largest absolute Gasteiger partial charge is 0.497 e. The van der Waals surface area contributed by atoms with Crippen molar-refractivity contribution in [2.24, 2.45) is 0 Å². The molecule has 2 N–H and O–H groups in total. The van der Waals surface area contributed by atoms with Crippen LogP contribution in [0.5, 0.6) is 5.75 Å². The van der Waals surface area contributed by atoms with E-state index in [9.17, 15) is 9.90 Å². The fourth-order valence-electron chi connectivity index (χ4n) is 4.11. The van der Waals surface area contributed by atoms with E-state index in [1.54, 1.807) is 7.11 Å². The summed E-state index contributed by atoms with van der Waals surface area (Å²) < 4.78 is 5.35. The molecule has 2 aliphatic rings. The molecule has 0 spiro atoms. The number of hydrogen-bond donors (Lipinski definition) is 2. The lowest BCUT2D eigenvalue weighted by atomic mass is 9.95. The molecule has 2 fully saturated rings. The number of hydrogen-bond acceptors (Lipinski definition) is 4. The average molecular weight is 376 g/mol. The fourth-order valence-corrected chi connectivity index (χ4v) is 4.11. The minimum atomic E-state index is -0.131. The highest BCUT2D eigenvalue weighted by atomic mass is 16.5. The van der Waals surface area contributed by atoms with E-state index in [4.69, 9.17) is 4.74 Å². The van der Waals surface area contributed by atoms with Gasteiger partial charge in [0, 0.05) is 26.2 Å². The monoisotopic (exact) mass is 375 g/mol. The molecular weight excluding hydrogens is 342 g/mol.